The van der Waals surface area contributed by atoms with Gasteiger partial charge in [-0.3, -0.25) is 14.7 Å². The van der Waals surface area contributed by atoms with Crippen LogP contribution in [0.1, 0.15) is 5.56 Å². The van der Waals surface area contributed by atoms with Gasteiger partial charge in [0.2, 0.25) is 5.91 Å². The molecule has 0 radical (unpaired) electrons. The van der Waals surface area contributed by atoms with Gasteiger partial charge in [0.25, 0.3) is 0 Å². The first kappa shape index (κ1) is 22.5. The second-order valence-electron chi connectivity index (χ2n) is 6.58. The zero-order valence-electron chi connectivity index (χ0n) is 16.1. The molecule has 28 heavy (non-hydrogen) atoms. The van der Waals surface area contributed by atoms with Crippen LogP contribution >= 0.6 is 35.6 Å². The van der Waals surface area contributed by atoms with Gasteiger partial charge < -0.3 is 20.4 Å². The Hall–Kier alpha value is -1.75. The van der Waals surface area contributed by atoms with E-state index >= 15 is 0 Å². The Balaban J connectivity index is 0.00000280. The lowest BCUT2D eigenvalue weighted by Crippen LogP contribution is -2.53. The third kappa shape index (κ3) is 5.19. The van der Waals surface area contributed by atoms with Crippen molar-refractivity contribution in [2.24, 2.45) is 4.99 Å². The molecule has 1 aromatic rings. The van der Waals surface area contributed by atoms with Crippen LogP contribution in [-0.2, 0) is 4.79 Å². The SMILES string of the molecule is CN=C(NCCN1C(=O)CNC1=O)N1CCN(c2cc(Cl)ccc2C)CC1.I. The van der Waals surface area contributed by atoms with Gasteiger partial charge in [-0.15, -0.1) is 24.0 Å². The number of rotatable bonds is 4. The van der Waals surface area contributed by atoms with E-state index < -0.39 is 0 Å². The number of nitrogens with one attached hydrogen (secondary N) is 2. The van der Waals surface area contributed by atoms with Crippen LogP contribution in [0.15, 0.2) is 23.2 Å². The molecule has 3 rings (SSSR count). The lowest BCUT2D eigenvalue weighted by molar-refractivity contribution is -0.124. The summed E-state index contributed by atoms with van der Waals surface area (Å²) < 4.78 is 0. The van der Waals surface area contributed by atoms with Gasteiger partial charge >= 0.3 is 6.03 Å². The maximum absolute atomic E-state index is 11.6. The first-order chi connectivity index (χ1) is 13.0. The number of carbonyl (C=O) groups is 2. The number of carbonyl (C=O) groups excluding carboxylic acids is 2. The summed E-state index contributed by atoms with van der Waals surface area (Å²) in [5.41, 5.74) is 2.38. The molecule has 8 nitrogen and oxygen atoms in total. The molecular weight excluding hydrogens is 495 g/mol. The molecule has 2 N–H and O–H groups in total. The summed E-state index contributed by atoms with van der Waals surface area (Å²) in [6.45, 7) is 6.37. The Morgan fingerprint density at radius 3 is 2.57 bits per heavy atom. The summed E-state index contributed by atoms with van der Waals surface area (Å²) in [7, 11) is 1.74. The number of urea groups is 1. The Kier molecular flexibility index (Phi) is 8.17. The average molecular weight is 521 g/mol. The van der Waals surface area contributed by atoms with E-state index in [2.05, 4.69) is 32.3 Å². The van der Waals surface area contributed by atoms with Crippen LogP contribution in [-0.4, -0.2) is 80.6 Å². The minimum atomic E-state index is -0.331. The van der Waals surface area contributed by atoms with Gasteiger partial charge in [-0.2, -0.15) is 0 Å². The molecule has 2 saturated heterocycles. The number of aliphatic imine (C=N–C) groups is 1. The highest BCUT2D eigenvalue weighted by Gasteiger charge is 2.28. The summed E-state index contributed by atoms with van der Waals surface area (Å²) >= 11 is 6.15. The standard InChI is InChI=1S/C18H25ClN6O2.HI/c1-13-3-4-14(19)11-15(13)23-7-9-24(10-8-23)17(20-2)21-5-6-25-16(26)12-22-18(25)27;/h3-4,11H,5-10,12H2,1-2H3,(H,20,21)(H,22,27);1H. The van der Waals surface area contributed by atoms with Crippen molar-refractivity contribution in [3.63, 3.8) is 0 Å². The predicted octanol–water partition coefficient (Wildman–Crippen LogP) is 1.52. The number of halogens is 2. The van der Waals surface area contributed by atoms with Gasteiger partial charge in [-0.05, 0) is 24.6 Å². The molecule has 154 valence electrons. The Morgan fingerprint density at radius 2 is 1.96 bits per heavy atom. The topological polar surface area (TPSA) is 80.3 Å². The maximum atomic E-state index is 11.6. The third-order valence-corrected chi connectivity index (χ3v) is 5.09. The summed E-state index contributed by atoms with van der Waals surface area (Å²) in [6, 6.07) is 5.63. The van der Waals surface area contributed by atoms with Crippen LogP contribution in [0.4, 0.5) is 10.5 Å². The van der Waals surface area contributed by atoms with Crippen LogP contribution < -0.4 is 15.5 Å². The molecule has 0 atom stereocenters. The van der Waals surface area contributed by atoms with Crippen LogP contribution in [0, 0.1) is 6.92 Å². The monoisotopic (exact) mass is 520 g/mol. The number of nitrogens with zero attached hydrogens (tertiary/aromatic N) is 4. The van der Waals surface area contributed by atoms with E-state index in [1.807, 2.05) is 18.2 Å². The Labute approximate surface area is 187 Å². The fourth-order valence-corrected chi connectivity index (χ4v) is 3.54. The molecule has 0 bridgehead atoms. The van der Waals surface area contributed by atoms with E-state index in [-0.39, 0.29) is 42.5 Å². The molecular formula is C18H26ClIN6O2. The molecule has 0 saturated carbocycles. The van der Waals surface area contributed by atoms with E-state index in [9.17, 15) is 9.59 Å². The van der Waals surface area contributed by atoms with Crippen LogP contribution in [0.25, 0.3) is 0 Å². The fraction of sp³-hybridized carbons (Fsp3) is 0.500. The molecule has 2 aliphatic rings. The minimum Gasteiger partial charge on any atom is -0.368 e. The van der Waals surface area contributed by atoms with E-state index in [1.165, 1.54) is 16.2 Å². The molecule has 2 aliphatic heterocycles. The molecule has 2 fully saturated rings. The molecule has 3 amide bonds. The van der Waals surface area contributed by atoms with Gasteiger partial charge in [-0.1, -0.05) is 17.7 Å². The zero-order valence-corrected chi connectivity index (χ0v) is 19.2. The van der Waals surface area contributed by atoms with Crippen LogP contribution in [0.5, 0.6) is 0 Å². The zero-order chi connectivity index (χ0) is 19.4. The highest BCUT2D eigenvalue weighted by atomic mass is 127. The number of amides is 3. The Morgan fingerprint density at radius 1 is 1.25 bits per heavy atom. The van der Waals surface area contributed by atoms with Crippen molar-refractivity contribution < 1.29 is 9.59 Å². The lowest BCUT2D eigenvalue weighted by Gasteiger charge is -2.38. The Bertz CT molecular complexity index is 736. The van der Waals surface area contributed by atoms with Crippen molar-refractivity contribution in [1.82, 2.24) is 20.4 Å². The van der Waals surface area contributed by atoms with Crippen LogP contribution in [0.2, 0.25) is 5.02 Å². The summed E-state index contributed by atoms with van der Waals surface area (Å²) in [6.07, 6.45) is 0. The van der Waals surface area contributed by atoms with Crippen molar-refractivity contribution in [2.75, 3.05) is 57.8 Å². The van der Waals surface area contributed by atoms with Crippen molar-refractivity contribution in [2.45, 2.75) is 6.92 Å². The molecule has 2 heterocycles. The number of piperazine rings is 1. The number of hydrogen-bond donors (Lipinski definition) is 2. The predicted molar refractivity (Wildman–Crippen MR) is 122 cm³/mol. The number of benzene rings is 1. The van der Waals surface area contributed by atoms with E-state index in [0.29, 0.717) is 13.1 Å². The van der Waals surface area contributed by atoms with Crippen molar-refractivity contribution >= 4 is 59.2 Å². The number of guanidine groups is 1. The van der Waals surface area contributed by atoms with Gasteiger partial charge in [0.15, 0.2) is 5.96 Å². The first-order valence-corrected chi connectivity index (χ1v) is 9.42. The van der Waals surface area contributed by atoms with Crippen molar-refractivity contribution in [3.8, 4) is 0 Å². The van der Waals surface area contributed by atoms with E-state index in [1.54, 1.807) is 7.05 Å². The van der Waals surface area contributed by atoms with Gasteiger partial charge in [0.05, 0.1) is 6.54 Å². The molecule has 1 aromatic carbocycles. The highest BCUT2D eigenvalue weighted by Crippen LogP contribution is 2.25. The lowest BCUT2D eigenvalue weighted by atomic mass is 10.1. The largest absolute Gasteiger partial charge is 0.368 e. The normalized spacial score (nSPS) is 17.5. The number of anilines is 1. The molecule has 0 unspecified atom stereocenters. The van der Waals surface area contributed by atoms with E-state index in [4.69, 9.17) is 11.6 Å². The summed E-state index contributed by atoms with van der Waals surface area (Å²) in [4.78, 5) is 33.2. The quantitative estimate of drug-likeness (QED) is 0.272. The van der Waals surface area contributed by atoms with Crippen molar-refractivity contribution in [1.29, 1.82) is 0 Å². The number of hydrogen-bond acceptors (Lipinski definition) is 4. The molecule has 10 heteroatoms. The molecule has 0 spiro atoms. The van der Waals surface area contributed by atoms with E-state index in [0.717, 1.165) is 37.2 Å². The van der Waals surface area contributed by atoms with Crippen LogP contribution in [0.3, 0.4) is 0 Å². The second-order valence-corrected chi connectivity index (χ2v) is 7.02. The molecule has 0 aliphatic carbocycles. The average Bonchev–Trinajstić information content (AvgIpc) is 2.99. The van der Waals surface area contributed by atoms with Crippen molar-refractivity contribution in [3.05, 3.63) is 28.8 Å². The fourth-order valence-electron chi connectivity index (χ4n) is 3.38. The summed E-state index contributed by atoms with van der Waals surface area (Å²) in [5.74, 6) is 0.590. The first-order valence-electron chi connectivity index (χ1n) is 9.04. The third-order valence-electron chi connectivity index (χ3n) is 4.86. The maximum Gasteiger partial charge on any atom is 0.324 e. The number of aryl methyl sites for hydroxylation is 1. The van der Waals surface area contributed by atoms with Gasteiger partial charge in [0, 0.05) is 57.0 Å². The molecule has 0 aromatic heterocycles. The second kappa shape index (κ2) is 10.1. The smallest absolute Gasteiger partial charge is 0.324 e. The summed E-state index contributed by atoms with van der Waals surface area (Å²) in [5, 5.41) is 6.51. The number of imide groups is 1. The minimum absolute atomic E-state index is 0. The van der Waals surface area contributed by atoms with Gasteiger partial charge in [0.1, 0.15) is 0 Å². The van der Waals surface area contributed by atoms with Gasteiger partial charge in [-0.25, -0.2) is 4.79 Å². The highest BCUT2D eigenvalue weighted by molar-refractivity contribution is 14.0.